The minimum atomic E-state index is 0.692. The van der Waals surface area contributed by atoms with E-state index in [0.717, 1.165) is 19.3 Å². The number of nitrogens with zero attached hydrogens (tertiary/aromatic N) is 1. The molecule has 0 aliphatic heterocycles. The lowest BCUT2D eigenvalue weighted by atomic mass is 10.1. The van der Waals surface area contributed by atoms with Crippen LogP contribution in [-0.2, 0) is 0 Å². The summed E-state index contributed by atoms with van der Waals surface area (Å²) in [6.07, 6.45) is 10.3. The van der Waals surface area contributed by atoms with Crippen molar-refractivity contribution in [3.8, 4) is 6.07 Å². The summed E-state index contributed by atoms with van der Waals surface area (Å²) in [4.78, 5) is 0. The molecule has 1 nitrogen and oxygen atoms in total. The van der Waals surface area contributed by atoms with Gasteiger partial charge in [-0.05, 0) is 19.3 Å². The van der Waals surface area contributed by atoms with Gasteiger partial charge in [-0.25, -0.2) is 0 Å². The van der Waals surface area contributed by atoms with Gasteiger partial charge in [0.1, 0.15) is 0 Å². The van der Waals surface area contributed by atoms with Crippen molar-refractivity contribution >= 4 is 0 Å². The van der Waals surface area contributed by atoms with Crippen LogP contribution < -0.4 is 0 Å². The van der Waals surface area contributed by atoms with Crippen LogP contribution in [0.15, 0.2) is 23.8 Å². The van der Waals surface area contributed by atoms with Gasteiger partial charge in [0.05, 0.1) is 6.07 Å². The number of hydrogen-bond donors (Lipinski definition) is 0. The minimum absolute atomic E-state index is 0.692. The summed E-state index contributed by atoms with van der Waals surface area (Å²) in [6.45, 7) is 0. The molecule has 0 radical (unpaired) electrons. The standard InChI is InChI=1S/C9H11N/c10-8-4-3-7-9-5-1-2-6-9/h1-2,5H,3-4,6-7H2. The Labute approximate surface area is 61.7 Å². The molecule has 0 fully saturated rings. The third kappa shape index (κ3) is 2.06. The van der Waals surface area contributed by atoms with E-state index in [1.54, 1.807) is 0 Å². The highest BCUT2D eigenvalue weighted by Gasteiger charge is 1.97. The summed E-state index contributed by atoms with van der Waals surface area (Å²) >= 11 is 0. The van der Waals surface area contributed by atoms with Crippen LogP contribution in [0.25, 0.3) is 0 Å². The maximum absolute atomic E-state index is 8.26. The van der Waals surface area contributed by atoms with Gasteiger partial charge in [-0.15, -0.1) is 0 Å². The Morgan fingerprint density at radius 2 is 2.50 bits per heavy atom. The number of nitriles is 1. The van der Waals surface area contributed by atoms with Gasteiger partial charge >= 0.3 is 0 Å². The molecule has 1 heteroatoms. The van der Waals surface area contributed by atoms with Crippen LogP contribution >= 0.6 is 0 Å². The lowest BCUT2D eigenvalue weighted by molar-refractivity contribution is 0.827. The average Bonchev–Trinajstić information content (AvgIpc) is 2.41. The van der Waals surface area contributed by atoms with E-state index in [0.29, 0.717) is 6.42 Å². The third-order valence-electron chi connectivity index (χ3n) is 1.63. The van der Waals surface area contributed by atoms with E-state index >= 15 is 0 Å². The Kier molecular flexibility index (Phi) is 2.76. The fourth-order valence-electron chi connectivity index (χ4n) is 1.07. The van der Waals surface area contributed by atoms with Crippen LogP contribution in [0, 0.1) is 11.3 Å². The Hall–Kier alpha value is -1.03. The second kappa shape index (κ2) is 3.90. The summed E-state index contributed by atoms with van der Waals surface area (Å²) in [6, 6.07) is 2.14. The molecule has 0 saturated heterocycles. The first-order valence-electron chi connectivity index (χ1n) is 3.65. The van der Waals surface area contributed by atoms with Crippen LogP contribution in [-0.4, -0.2) is 0 Å². The summed E-state index contributed by atoms with van der Waals surface area (Å²) in [5.41, 5.74) is 1.47. The molecule has 0 spiro atoms. The molecule has 1 aliphatic carbocycles. The molecule has 0 aromatic rings. The van der Waals surface area contributed by atoms with Gasteiger partial charge in [-0.2, -0.15) is 5.26 Å². The monoisotopic (exact) mass is 133 g/mol. The molecule has 1 aliphatic rings. The molecule has 1 rings (SSSR count). The van der Waals surface area contributed by atoms with E-state index in [-0.39, 0.29) is 0 Å². The summed E-state index contributed by atoms with van der Waals surface area (Å²) in [5.74, 6) is 0. The number of hydrogen-bond acceptors (Lipinski definition) is 1. The summed E-state index contributed by atoms with van der Waals surface area (Å²) in [5, 5.41) is 8.26. The molecule has 10 heavy (non-hydrogen) atoms. The van der Waals surface area contributed by atoms with Crippen LogP contribution in [0.5, 0.6) is 0 Å². The minimum Gasteiger partial charge on any atom is -0.198 e. The Morgan fingerprint density at radius 3 is 3.10 bits per heavy atom. The van der Waals surface area contributed by atoms with Crippen LogP contribution in [0.2, 0.25) is 0 Å². The molecular formula is C9H11N. The highest BCUT2D eigenvalue weighted by molar-refractivity contribution is 5.22. The number of allylic oxidation sites excluding steroid dienone is 4. The molecule has 0 heterocycles. The fourth-order valence-corrected chi connectivity index (χ4v) is 1.07. The first-order valence-corrected chi connectivity index (χ1v) is 3.65. The van der Waals surface area contributed by atoms with Crippen LogP contribution in [0.4, 0.5) is 0 Å². The van der Waals surface area contributed by atoms with E-state index in [9.17, 15) is 0 Å². The van der Waals surface area contributed by atoms with Gasteiger partial charge in [0.2, 0.25) is 0 Å². The van der Waals surface area contributed by atoms with Crippen molar-refractivity contribution in [1.29, 1.82) is 5.26 Å². The van der Waals surface area contributed by atoms with Crippen LogP contribution in [0.1, 0.15) is 25.7 Å². The van der Waals surface area contributed by atoms with Crippen LogP contribution in [0.3, 0.4) is 0 Å². The first kappa shape index (κ1) is 7.08. The van der Waals surface area contributed by atoms with Crippen molar-refractivity contribution in [2.45, 2.75) is 25.7 Å². The molecule has 52 valence electrons. The molecule has 0 atom stereocenters. The average molecular weight is 133 g/mol. The second-order valence-corrected chi connectivity index (χ2v) is 2.47. The number of unbranched alkanes of at least 4 members (excludes halogenated alkanes) is 1. The fraction of sp³-hybridized carbons (Fsp3) is 0.444. The van der Waals surface area contributed by atoms with Gasteiger partial charge in [0, 0.05) is 6.42 Å². The first-order chi connectivity index (χ1) is 4.93. The van der Waals surface area contributed by atoms with Crippen molar-refractivity contribution in [2.75, 3.05) is 0 Å². The molecule has 0 amide bonds. The van der Waals surface area contributed by atoms with Gasteiger partial charge in [0.25, 0.3) is 0 Å². The van der Waals surface area contributed by atoms with E-state index in [1.165, 1.54) is 5.57 Å². The van der Waals surface area contributed by atoms with Crippen molar-refractivity contribution in [1.82, 2.24) is 0 Å². The third-order valence-corrected chi connectivity index (χ3v) is 1.63. The highest BCUT2D eigenvalue weighted by atomic mass is 14.2. The van der Waals surface area contributed by atoms with Crippen molar-refractivity contribution in [2.24, 2.45) is 0 Å². The Bertz CT molecular complexity index is 193. The zero-order valence-electron chi connectivity index (χ0n) is 6.01. The molecule has 0 bridgehead atoms. The lowest BCUT2D eigenvalue weighted by Crippen LogP contribution is -1.78. The normalized spacial score (nSPS) is 14.9. The molecule has 0 unspecified atom stereocenters. The van der Waals surface area contributed by atoms with E-state index in [2.05, 4.69) is 24.3 Å². The molecule has 0 aromatic heterocycles. The van der Waals surface area contributed by atoms with E-state index in [4.69, 9.17) is 5.26 Å². The molecular weight excluding hydrogens is 122 g/mol. The van der Waals surface area contributed by atoms with Gasteiger partial charge in [0.15, 0.2) is 0 Å². The van der Waals surface area contributed by atoms with Crippen molar-refractivity contribution in [3.63, 3.8) is 0 Å². The van der Waals surface area contributed by atoms with Gasteiger partial charge in [-0.1, -0.05) is 23.8 Å². The Balaban J connectivity index is 2.11. The highest BCUT2D eigenvalue weighted by Crippen LogP contribution is 2.16. The predicted molar refractivity (Wildman–Crippen MR) is 41.3 cm³/mol. The maximum atomic E-state index is 8.26. The van der Waals surface area contributed by atoms with Gasteiger partial charge in [-0.3, -0.25) is 0 Å². The second-order valence-electron chi connectivity index (χ2n) is 2.47. The van der Waals surface area contributed by atoms with Crippen molar-refractivity contribution in [3.05, 3.63) is 23.8 Å². The molecule has 0 N–H and O–H groups in total. The largest absolute Gasteiger partial charge is 0.198 e. The summed E-state index contributed by atoms with van der Waals surface area (Å²) < 4.78 is 0. The molecule has 0 saturated carbocycles. The maximum Gasteiger partial charge on any atom is 0.0621 e. The molecule has 0 aromatic carbocycles. The van der Waals surface area contributed by atoms with Crippen molar-refractivity contribution < 1.29 is 0 Å². The number of rotatable bonds is 3. The van der Waals surface area contributed by atoms with E-state index in [1.807, 2.05) is 0 Å². The quantitative estimate of drug-likeness (QED) is 0.543. The zero-order chi connectivity index (χ0) is 7.23. The van der Waals surface area contributed by atoms with Gasteiger partial charge < -0.3 is 0 Å². The summed E-state index contributed by atoms with van der Waals surface area (Å²) in [7, 11) is 0. The topological polar surface area (TPSA) is 23.8 Å². The SMILES string of the molecule is N#CCCCC1=CC=CC1. The van der Waals surface area contributed by atoms with E-state index < -0.39 is 0 Å². The lowest BCUT2D eigenvalue weighted by Gasteiger charge is -1.95. The smallest absolute Gasteiger partial charge is 0.0621 e. The predicted octanol–water partition coefficient (Wildman–Crippen LogP) is 2.57. The Morgan fingerprint density at radius 1 is 1.60 bits per heavy atom. The zero-order valence-corrected chi connectivity index (χ0v) is 6.01.